The predicted molar refractivity (Wildman–Crippen MR) is 54.0 cm³/mol. The number of hydrogen-bond acceptors (Lipinski definition) is 7. The topological polar surface area (TPSA) is 153 Å². The molecule has 0 aromatic carbocycles. The van der Waals surface area contributed by atoms with Gasteiger partial charge in [0.05, 0.1) is 6.61 Å². The number of hydrogen-bond donors (Lipinski definition) is 6. The van der Waals surface area contributed by atoms with Gasteiger partial charge in [0, 0.05) is 0 Å². The zero-order valence-electron chi connectivity index (χ0n) is 9.22. The summed E-state index contributed by atoms with van der Waals surface area (Å²) >= 11 is 0. The molecule has 0 aromatic rings. The number of aliphatic hydroxyl groups is 4. The van der Waals surface area contributed by atoms with Crippen LogP contribution in [0.3, 0.4) is 0 Å². The van der Waals surface area contributed by atoms with Gasteiger partial charge in [-0.1, -0.05) is 0 Å². The molecular formula is C9H17NO7. The zero-order valence-corrected chi connectivity index (χ0v) is 9.22. The standard InChI is InChI=1S/C9H17NO7/c1-9(10,8(15)16)7-6(14)5(13)4(12)3(2-11)17-7/h3-7,11-14H,2,10H2,1H3,(H,15,16)/t3-,4-,5+,6+,7+,9+/m1/s1. The Kier molecular flexibility index (Phi) is 4.07. The second kappa shape index (κ2) is 4.84. The van der Waals surface area contributed by atoms with Gasteiger partial charge in [0.25, 0.3) is 0 Å². The first-order valence-corrected chi connectivity index (χ1v) is 5.06. The Labute approximate surface area is 97.2 Å². The molecule has 0 radical (unpaired) electrons. The molecule has 7 N–H and O–H groups in total. The van der Waals surface area contributed by atoms with Gasteiger partial charge in [-0.25, -0.2) is 0 Å². The summed E-state index contributed by atoms with van der Waals surface area (Å²) in [6.07, 6.45) is -7.42. The summed E-state index contributed by atoms with van der Waals surface area (Å²) in [6, 6.07) is 0. The smallest absolute Gasteiger partial charge is 0.326 e. The van der Waals surface area contributed by atoms with E-state index in [0.717, 1.165) is 6.92 Å². The highest BCUT2D eigenvalue weighted by Gasteiger charge is 2.52. The third kappa shape index (κ3) is 2.41. The van der Waals surface area contributed by atoms with Crippen LogP contribution < -0.4 is 5.73 Å². The summed E-state index contributed by atoms with van der Waals surface area (Å²) in [5, 5.41) is 46.4. The van der Waals surface area contributed by atoms with Crippen LogP contribution in [0.15, 0.2) is 0 Å². The van der Waals surface area contributed by atoms with Gasteiger partial charge in [-0.15, -0.1) is 0 Å². The van der Waals surface area contributed by atoms with Gasteiger partial charge in [-0.3, -0.25) is 4.79 Å². The maximum absolute atomic E-state index is 10.9. The number of carbonyl (C=O) groups is 1. The van der Waals surface area contributed by atoms with E-state index >= 15 is 0 Å². The fourth-order valence-corrected chi connectivity index (χ4v) is 1.72. The van der Waals surface area contributed by atoms with Crippen molar-refractivity contribution < 1.29 is 35.1 Å². The largest absolute Gasteiger partial charge is 0.480 e. The van der Waals surface area contributed by atoms with Crippen LogP contribution in [0.4, 0.5) is 0 Å². The molecule has 0 unspecified atom stereocenters. The maximum atomic E-state index is 10.9. The summed E-state index contributed by atoms with van der Waals surface area (Å²) in [4.78, 5) is 10.9. The molecular weight excluding hydrogens is 234 g/mol. The molecule has 8 heteroatoms. The molecule has 1 fully saturated rings. The lowest BCUT2D eigenvalue weighted by Gasteiger charge is -2.44. The van der Waals surface area contributed by atoms with Crippen molar-refractivity contribution in [1.82, 2.24) is 0 Å². The fourth-order valence-electron chi connectivity index (χ4n) is 1.72. The Morgan fingerprint density at radius 3 is 2.24 bits per heavy atom. The SMILES string of the molecule is C[C@@](N)(C(=O)O)[C@H]1O[C@H](CO)[C@@H](O)[C@H](O)[C@@H]1O. The fraction of sp³-hybridized carbons (Fsp3) is 0.889. The molecule has 1 heterocycles. The molecule has 1 aliphatic heterocycles. The van der Waals surface area contributed by atoms with Crippen molar-refractivity contribution in [3.63, 3.8) is 0 Å². The average molecular weight is 251 g/mol. The Hall–Kier alpha value is -0.770. The number of carboxylic acids is 1. The lowest BCUT2D eigenvalue weighted by molar-refractivity contribution is -0.243. The first-order valence-electron chi connectivity index (χ1n) is 5.06. The lowest BCUT2D eigenvalue weighted by atomic mass is 9.84. The summed E-state index contributed by atoms with van der Waals surface area (Å²) in [6.45, 7) is 0.485. The van der Waals surface area contributed by atoms with Crippen molar-refractivity contribution in [3.8, 4) is 0 Å². The van der Waals surface area contributed by atoms with Crippen molar-refractivity contribution in [2.24, 2.45) is 5.73 Å². The first-order chi connectivity index (χ1) is 7.73. The Bertz CT molecular complexity index is 293. The van der Waals surface area contributed by atoms with Crippen LogP contribution >= 0.6 is 0 Å². The monoisotopic (exact) mass is 251 g/mol. The van der Waals surface area contributed by atoms with E-state index < -0.39 is 48.6 Å². The van der Waals surface area contributed by atoms with Crippen molar-refractivity contribution >= 4 is 5.97 Å². The molecule has 0 spiro atoms. The van der Waals surface area contributed by atoms with E-state index in [2.05, 4.69) is 0 Å². The summed E-state index contributed by atoms with van der Waals surface area (Å²) in [5.74, 6) is -1.43. The molecule has 8 nitrogen and oxygen atoms in total. The van der Waals surface area contributed by atoms with Gasteiger partial charge in [0.1, 0.15) is 36.1 Å². The van der Waals surface area contributed by atoms with Gasteiger partial charge in [-0.05, 0) is 6.92 Å². The average Bonchev–Trinajstić information content (AvgIpc) is 2.26. The van der Waals surface area contributed by atoms with E-state index in [1.54, 1.807) is 0 Å². The predicted octanol–water partition coefficient (Wildman–Crippen LogP) is -3.37. The van der Waals surface area contributed by atoms with E-state index in [9.17, 15) is 20.1 Å². The van der Waals surface area contributed by atoms with Crippen LogP contribution in [-0.2, 0) is 9.53 Å². The lowest BCUT2D eigenvalue weighted by Crippen LogP contribution is -2.69. The van der Waals surface area contributed by atoms with Crippen LogP contribution in [0.5, 0.6) is 0 Å². The van der Waals surface area contributed by atoms with Crippen molar-refractivity contribution in [3.05, 3.63) is 0 Å². The van der Waals surface area contributed by atoms with E-state index in [-0.39, 0.29) is 0 Å². The second-order valence-corrected chi connectivity index (χ2v) is 4.34. The van der Waals surface area contributed by atoms with Gasteiger partial charge >= 0.3 is 5.97 Å². The molecule has 0 amide bonds. The summed E-state index contributed by atoms with van der Waals surface area (Å²) in [7, 11) is 0. The van der Waals surface area contributed by atoms with E-state index in [4.69, 9.17) is 20.7 Å². The summed E-state index contributed by atoms with van der Waals surface area (Å²) < 4.78 is 5.04. The third-order valence-corrected chi connectivity index (χ3v) is 2.94. The molecule has 100 valence electrons. The minimum Gasteiger partial charge on any atom is -0.480 e. The summed E-state index contributed by atoms with van der Waals surface area (Å²) in [5.41, 5.74) is 3.54. The number of aliphatic hydroxyl groups excluding tert-OH is 4. The van der Waals surface area contributed by atoms with E-state index in [1.807, 2.05) is 0 Å². The molecule has 0 saturated carbocycles. The van der Waals surface area contributed by atoms with Gasteiger partial charge in [0.2, 0.25) is 0 Å². The number of nitrogens with two attached hydrogens (primary N) is 1. The van der Waals surface area contributed by atoms with Crippen LogP contribution in [0.25, 0.3) is 0 Å². The third-order valence-electron chi connectivity index (χ3n) is 2.94. The molecule has 0 bridgehead atoms. The van der Waals surface area contributed by atoms with Crippen molar-refractivity contribution in [2.45, 2.75) is 43.0 Å². The molecule has 1 aliphatic rings. The van der Waals surface area contributed by atoms with Crippen molar-refractivity contribution in [2.75, 3.05) is 6.61 Å². The van der Waals surface area contributed by atoms with E-state index in [1.165, 1.54) is 0 Å². The van der Waals surface area contributed by atoms with Crippen LogP contribution in [-0.4, -0.2) is 74.2 Å². The van der Waals surface area contributed by atoms with Gasteiger partial charge in [0.15, 0.2) is 0 Å². The highest BCUT2D eigenvalue weighted by Crippen LogP contribution is 2.27. The Morgan fingerprint density at radius 1 is 1.29 bits per heavy atom. The van der Waals surface area contributed by atoms with Crippen LogP contribution in [0, 0.1) is 0 Å². The van der Waals surface area contributed by atoms with E-state index in [0.29, 0.717) is 0 Å². The second-order valence-electron chi connectivity index (χ2n) is 4.34. The molecule has 17 heavy (non-hydrogen) atoms. The normalized spacial score (nSPS) is 41.9. The van der Waals surface area contributed by atoms with Crippen molar-refractivity contribution in [1.29, 1.82) is 0 Å². The number of rotatable bonds is 3. The molecule has 6 atom stereocenters. The minimum absolute atomic E-state index is 0.628. The van der Waals surface area contributed by atoms with Crippen LogP contribution in [0.1, 0.15) is 6.92 Å². The number of ether oxygens (including phenoxy) is 1. The molecule has 1 saturated heterocycles. The van der Waals surface area contributed by atoms with Crippen LogP contribution in [0.2, 0.25) is 0 Å². The van der Waals surface area contributed by atoms with Gasteiger partial charge < -0.3 is 36.0 Å². The Morgan fingerprint density at radius 2 is 1.82 bits per heavy atom. The highest BCUT2D eigenvalue weighted by atomic mass is 16.5. The quantitative estimate of drug-likeness (QED) is 0.304. The number of carboxylic acid groups (broad SMARTS) is 1. The molecule has 0 aromatic heterocycles. The number of aliphatic carboxylic acids is 1. The zero-order chi connectivity index (χ0) is 13.4. The maximum Gasteiger partial charge on any atom is 0.326 e. The minimum atomic E-state index is -1.95. The van der Waals surface area contributed by atoms with Gasteiger partial charge in [-0.2, -0.15) is 0 Å². The Balaban J connectivity index is 2.97. The first kappa shape index (κ1) is 14.3. The molecule has 1 rings (SSSR count). The highest BCUT2D eigenvalue weighted by molar-refractivity contribution is 5.79. The molecule has 0 aliphatic carbocycles.